The number of hydrogen-bond donors (Lipinski definition) is 2. The molecule has 0 amide bonds. The number of anilines is 2. The van der Waals surface area contributed by atoms with E-state index in [0.717, 1.165) is 16.9 Å². The molecule has 2 nitrogen and oxygen atoms in total. The SMILES string of the molecule is Cc1cc(C)c(NC(C)CC(C)C)cc1N. The van der Waals surface area contributed by atoms with Gasteiger partial charge in [-0.05, 0) is 50.3 Å². The third kappa shape index (κ3) is 3.44. The van der Waals surface area contributed by atoms with Crippen LogP contribution in [0.5, 0.6) is 0 Å². The molecule has 0 heterocycles. The lowest BCUT2D eigenvalue weighted by atomic mass is 10.0. The van der Waals surface area contributed by atoms with Crippen molar-refractivity contribution in [3.05, 3.63) is 23.3 Å². The van der Waals surface area contributed by atoms with Gasteiger partial charge in [-0.2, -0.15) is 0 Å². The van der Waals surface area contributed by atoms with Crippen LogP contribution < -0.4 is 11.1 Å². The number of aryl methyl sites for hydroxylation is 2. The molecule has 0 saturated carbocycles. The normalized spacial score (nSPS) is 12.9. The van der Waals surface area contributed by atoms with Crippen LogP contribution in [0.1, 0.15) is 38.3 Å². The van der Waals surface area contributed by atoms with E-state index >= 15 is 0 Å². The maximum Gasteiger partial charge on any atom is 0.0392 e. The second-order valence-corrected chi connectivity index (χ2v) is 5.20. The van der Waals surface area contributed by atoms with Crippen molar-refractivity contribution in [1.82, 2.24) is 0 Å². The predicted octanol–water partition coefficient (Wildman–Crippen LogP) is 3.73. The quantitative estimate of drug-likeness (QED) is 0.759. The minimum Gasteiger partial charge on any atom is -0.398 e. The summed E-state index contributed by atoms with van der Waals surface area (Å²) >= 11 is 0. The minimum absolute atomic E-state index is 0.487. The Morgan fingerprint density at radius 1 is 1.12 bits per heavy atom. The maximum atomic E-state index is 5.93. The molecule has 0 radical (unpaired) electrons. The number of nitrogen functional groups attached to an aromatic ring is 1. The number of hydrogen-bond acceptors (Lipinski definition) is 2. The summed E-state index contributed by atoms with van der Waals surface area (Å²) < 4.78 is 0. The second-order valence-electron chi connectivity index (χ2n) is 5.20. The van der Waals surface area contributed by atoms with Crippen LogP contribution >= 0.6 is 0 Å². The fourth-order valence-electron chi connectivity index (χ4n) is 2.06. The Bertz CT molecular complexity index is 356. The van der Waals surface area contributed by atoms with Gasteiger partial charge < -0.3 is 11.1 Å². The molecule has 16 heavy (non-hydrogen) atoms. The van der Waals surface area contributed by atoms with Crippen LogP contribution in [-0.2, 0) is 0 Å². The second kappa shape index (κ2) is 5.24. The van der Waals surface area contributed by atoms with Crippen LogP contribution in [0.15, 0.2) is 12.1 Å². The van der Waals surface area contributed by atoms with Crippen molar-refractivity contribution in [3.63, 3.8) is 0 Å². The fraction of sp³-hybridized carbons (Fsp3) is 0.571. The van der Waals surface area contributed by atoms with E-state index in [4.69, 9.17) is 5.73 Å². The Kier molecular flexibility index (Phi) is 4.22. The summed E-state index contributed by atoms with van der Waals surface area (Å²) in [6.45, 7) is 10.9. The van der Waals surface area contributed by atoms with Gasteiger partial charge >= 0.3 is 0 Å². The topological polar surface area (TPSA) is 38.0 Å². The van der Waals surface area contributed by atoms with Gasteiger partial charge in [0, 0.05) is 17.4 Å². The summed E-state index contributed by atoms with van der Waals surface area (Å²) in [7, 11) is 0. The first-order chi connectivity index (χ1) is 7.40. The molecule has 0 fully saturated rings. The van der Waals surface area contributed by atoms with Gasteiger partial charge in [-0.3, -0.25) is 0 Å². The largest absolute Gasteiger partial charge is 0.398 e. The van der Waals surface area contributed by atoms with E-state index in [1.165, 1.54) is 12.0 Å². The number of rotatable bonds is 4. The van der Waals surface area contributed by atoms with E-state index in [2.05, 4.69) is 39.1 Å². The lowest BCUT2D eigenvalue weighted by Crippen LogP contribution is -2.18. The fourth-order valence-corrected chi connectivity index (χ4v) is 2.06. The Labute approximate surface area is 99.2 Å². The molecular weight excluding hydrogens is 196 g/mol. The van der Waals surface area contributed by atoms with Gasteiger partial charge in [0.15, 0.2) is 0 Å². The van der Waals surface area contributed by atoms with Gasteiger partial charge in [-0.25, -0.2) is 0 Å². The number of nitrogens with two attached hydrogens (primary N) is 1. The predicted molar refractivity (Wildman–Crippen MR) is 72.9 cm³/mol. The maximum absolute atomic E-state index is 5.93. The molecule has 3 N–H and O–H groups in total. The zero-order valence-electron chi connectivity index (χ0n) is 11.1. The first kappa shape index (κ1) is 12.9. The van der Waals surface area contributed by atoms with Crippen molar-refractivity contribution in [2.45, 2.75) is 47.1 Å². The zero-order chi connectivity index (χ0) is 12.3. The molecule has 0 aromatic heterocycles. The molecule has 0 aliphatic heterocycles. The molecule has 1 unspecified atom stereocenters. The van der Waals surface area contributed by atoms with Crippen molar-refractivity contribution in [2.75, 3.05) is 11.1 Å². The van der Waals surface area contributed by atoms with Crippen LogP contribution in [0, 0.1) is 19.8 Å². The van der Waals surface area contributed by atoms with Gasteiger partial charge in [0.25, 0.3) is 0 Å². The molecule has 90 valence electrons. The monoisotopic (exact) mass is 220 g/mol. The van der Waals surface area contributed by atoms with Crippen molar-refractivity contribution >= 4 is 11.4 Å². The Morgan fingerprint density at radius 3 is 2.31 bits per heavy atom. The van der Waals surface area contributed by atoms with E-state index in [1.54, 1.807) is 0 Å². The van der Waals surface area contributed by atoms with Crippen molar-refractivity contribution < 1.29 is 0 Å². The molecule has 1 atom stereocenters. The highest BCUT2D eigenvalue weighted by Crippen LogP contribution is 2.23. The summed E-state index contributed by atoms with van der Waals surface area (Å²) in [6, 6.07) is 4.67. The highest BCUT2D eigenvalue weighted by atomic mass is 14.9. The number of nitrogens with one attached hydrogen (secondary N) is 1. The smallest absolute Gasteiger partial charge is 0.0392 e. The van der Waals surface area contributed by atoms with Crippen LogP contribution in [0.3, 0.4) is 0 Å². The molecule has 2 heteroatoms. The van der Waals surface area contributed by atoms with E-state index in [-0.39, 0.29) is 0 Å². The first-order valence-electron chi connectivity index (χ1n) is 6.03. The summed E-state index contributed by atoms with van der Waals surface area (Å²) in [5, 5.41) is 3.53. The average molecular weight is 220 g/mol. The summed E-state index contributed by atoms with van der Waals surface area (Å²) in [6.07, 6.45) is 1.17. The molecule has 1 aromatic rings. The number of benzene rings is 1. The Hall–Kier alpha value is -1.18. The third-order valence-electron chi connectivity index (χ3n) is 2.84. The Morgan fingerprint density at radius 2 is 1.75 bits per heavy atom. The Balaban J connectivity index is 2.77. The van der Waals surface area contributed by atoms with Gasteiger partial charge in [0.05, 0.1) is 0 Å². The molecule has 0 aliphatic rings. The van der Waals surface area contributed by atoms with Crippen LogP contribution in [0.2, 0.25) is 0 Å². The van der Waals surface area contributed by atoms with Crippen molar-refractivity contribution in [2.24, 2.45) is 5.92 Å². The lowest BCUT2D eigenvalue weighted by molar-refractivity contribution is 0.539. The molecule has 1 aromatic carbocycles. The van der Waals surface area contributed by atoms with Crippen molar-refractivity contribution in [3.8, 4) is 0 Å². The highest BCUT2D eigenvalue weighted by molar-refractivity contribution is 5.63. The average Bonchev–Trinajstić information content (AvgIpc) is 2.12. The molecule has 0 saturated heterocycles. The summed E-state index contributed by atoms with van der Waals surface area (Å²) in [5.41, 5.74) is 10.4. The van der Waals surface area contributed by atoms with Gasteiger partial charge in [-0.15, -0.1) is 0 Å². The summed E-state index contributed by atoms with van der Waals surface area (Å²) in [4.78, 5) is 0. The van der Waals surface area contributed by atoms with Gasteiger partial charge in [-0.1, -0.05) is 19.9 Å². The van der Waals surface area contributed by atoms with Gasteiger partial charge in [0.2, 0.25) is 0 Å². The zero-order valence-corrected chi connectivity index (χ0v) is 11.1. The lowest BCUT2D eigenvalue weighted by Gasteiger charge is -2.19. The standard InChI is InChI=1S/C14H24N2/c1-9(2)6-12(5)16-14-8-13(15)10(3)7-11(14)4/h7-9,12,16H,6,15H2,1-5H3. The molecule has 0 aliphatic carbocycles. The molecule has 1 rings (SSSR count). The molecule has 0 spiro atoms. The molecule has 0 bridgehead atoms. The highest BCUT2D eigenvalue weighted by Gasteiger charge is 2.07. The summed E-state index contributed by atoms with van der Waals surface area (Å²) in [5.74, 6) is 0.714. The van der Waals surface area contributed by atoms with E-state index < -0.39 is 0 Å². The first-order valence-corrected chi connectivity index (χ1v) is 6.03. The molecular formula is C14H24N2. The van der Waals surface area contributed by atoms with Gasteiger partial charge in [0.1, 0.15) is 0 Å². The van der Waals surface area contributed by atoms with E-state index in [1.807, 2.05) is 13.0 Å². The third-order valence-corrected chi connectivity index (χ3v) is 2.84. The van der Waals surface area contributed by atoms with Crippen LogP contribution in [0.25, 0.3) is 0 Å². The van der Waals surface area contributed by atoms with Crippen LogP contribution in [0.4, 0.5) is 11.4 Å². The van der Waals surface area contributed by atoms with Crippen molar-refractivity contribution in [1.29, 1.82) is 0 Å². The van der Waals surface area contributed by atoms with Crippen LogP contribution in [-0.4, -0.2) is 6.04 Å². The van der Waals surface area contributed by atoms with E-state index in [9.17, 15) is 0 Å². The minimum atomic E-state index is 0.487. The van der Waals surface area contributed by atoms with E-state index in [0.29, 0.717) is 12.0 Å².